The molecule has 0 aliphatic rings. The van der Waals surface area contributed by atoms with E-state index in [1.54, 1.807) is 0 Å². The predicted octanol–water partition coefficient (Wildman–Crippen LogP) is 6.01. The number of hydrogen-bond acceptors (Lipinski definition) is 6. The molecular formula is C25H17I2N3O5. The maximum atomic E-state index is 12.3. The number of nitro benzene ring substituents is 1. The van der Waals surface area contributed by atoms with E-state index in [2.05, 4.69) is 73.9 Å². The van der Waals surface area contributed by atoms with Crippen molar-refractivity contribution >= 4 is 73.8 Å². The number of phenols is 1. The molecule has 0 atom stereocenters. The van der Waals surface area contributed by atoms with Gasteiger partial charge < -0.3 is 9.84 Å². The Kier molecular flexibility index (Phi) is 7.80. The van der Waals surface area contributed by atoms with Gasteiger partial charge in [0.25, 0.3) is 11.6 Å². The predicted molar refractivity (Wildman–Crippen MR) is 150 cm³/mol. The second-order valence-electron chi connectivity index (χ2n) is 7.40. The van der Waals surface area contributed by atoms with Crippen molar-refractivity contribution in [2.45, 2.75) is 6.61 Å². The second-order valence-corrected chi connectivity index (χ2v) is 9.72. The Labute approximate surface area is 227 Å². The summed E-state index contributed by atoms with van der Waals surface area (Å²) in [6.07, 6.45) is 1.45. The zero-order valence-electron chi connectivity index (χ0n) is 17.9. The van der Waals surface area contributed by atoms with Crippen LogP contribution in [-0.2, 0) is 6.61 Å². The van der Waals surface area contributed by atoms with Crippen LogP contribution in [-0.4, -0.2) is 22.2 Å². The highest BCUT2D eigenvalue weighted by Gasteiger charge is 2.16. The van der Waals surface area contributed by atoms with Crippen molar-refractivity contribution < 1.29 is 19.6 Å². The molecule has 8 nitrogen and oxygen atoms in total. The van der Waals surface area contributed by atoms with Gasteiger partial charge in [-0.2, -0.15) is 5.10 Å². The molecule has 35 heavy (non-hydrogen) atoms. The lowest BCUT2D eigenvalue weighted by atomic mass is 10.1. The smallest absolute Gasteiger partial charge is 0.275 e. The van der Waals surface area contributed by atoms with Crippen LogP contribution in [0.4, 0.5) is 5.69 Å². The van der Waals surface area contributed by atoms with Crippen LogP contribution in [0.2, 0.25) is 0 Å². The van der Waals surface area contributed by atoms with Crippen molar-refractivity contribution in [2.75, 3.05) is 0 Å². The molecule has 4 aromatic carbocycles. The van der Waals surface area contributed by atoms with Crippen LogP contribution in [0, 0.1) is 17.3 Å². The van der Waals surface area contributed by atoms with E-state index in [1.165, 1.54) is 6.21 Å². The molecule has 0 fully saturated rings. The number of nitro groups is 1. The Hall–Kier alpha value is -3.26. The Bertz CT molecular complexity index is 1440. The largest absolute Gasteiger partial charge is 0.507 e. The average Bonchev–Trinajstić information content (AvgIpc) is 2.83. The number of nitrogens with zero attached hydrogens (tertiary/aromatic N) is 2. The van der Waals surface area contributed by atoms with E-state index < -0.39 is 10.8 Å². The number of rotatable bonds is 7. The number of amides is 1. The first kappa shape index (κ1) is 24.9. The molecule has 0 aliphatic carbocycles. The van der Waals surface area contributed by atoms with Crippen LogP contribution in [0.5, 0.6) is 11.5 Å². The first-order valence-electron chi connectivity index (χ1n) is 10.2. The highest BCUT2D eigenvalue weighted by atomic mass is 127. The van der Waals surface area contributed by atoms with Crippen molar-refractivity contribution in [1.82, 2.24) is 5.43 Å². The average molecular weight is 693 g/mol. The summed E-state index contributed by atoms with van der Waals surface area (Å²) in [5.74, 6) is -0.385. The lowest BCUT2D eigenvalue weighted by molar-refractivity contribution is -0.384. The number of hydrogen-bond donors (Lipinski definition) is 2. The summed E-state index contributed by atoms with van der Waals surface area (Å²) in [6, 6.07) is 21.2. The molecule has 0 saturated heterocycles. The molecule has 0 spiro atoms. The van der Waals surface area contributed by atoms with Gasteiger partial charge in [0.1, 0.15) is 18.1 Å². The number of hydrazone groups is 1. The summed E-state index contributed by atoms with van der Waals surface area (Å²) in [5.41, 5.74) is 3.55. The van der Waals surface area contributed by atoms with E-state index in [1.807, 2.05) is 36.4 Å². The van der Waals surface area contributed by atoms with Crippen LogP contribution < -0.4 is 10.2 Å². The third kappa shape index (κ3) is 5.88. The molecule has 0 aliphatic heterocycles. The van der Waals surface area contributed by atoms with E-state index >= 15 is 0 Å². The molecule has 0 saturated carbocycles. The summed E-state index contributed by atoms with van der Waals surface area (Å²) in [5, 5.41) is 27.0. The van der Waals surface area contributed by atoms with E-state index in [4.69, 9.17) is 4.74 Å². The molecule has 10 heteroatoms. The van der Waals surface area contributed by atoms with Crippen LogP contribution >= 0.6 is 45.2 Å². The zero-order valence-corrected chi connectivity index (χ0v) is 22.3. The summed E-state index contributed by atoms with van der Waals surface area (Å²) in [4.78, 5) is 22.6. The van der Waals surface area contributed by atoms with Gasteiger partial charge in [0.2, 0.25) is 0 Å². The quantitative estimate of drug-likeness (QED) is 0.107. The van der Waals surface area contributed by atoms with Gasteiger partial charge in [0.15, 0.2) is 0 Å². The number of nitrogens with one attached hydrogen (secondary N) is 1. The summed E-state index contributed by atoms with van der Waals surface area (Å²) < 4.78 is 7.90. The van der Waals surface area contributed by atoms with E-state index in [0.717, 1.165) is 53.0 Å². The van der Waals surface area contributed by atoms with Crippen LogP contribution in [0.15, 0.2) is 77.9 Å². The number of halogens is 2. The fourth-order valence-corrected chi connectivity index (χ4v) is 5.53. The molecule has 0 bridgehead atoms. The van der Waals surface area contributed by atoms with E-state index in [9.17, 15) is 20.0 Å². The number of benzene rings is 4. The van der Waals surface area contributed by atoms with Crippen molar-refractivity contribution in [3.05, 3.63) is 107 Å². The Morgan fingerprint density at radius 2 is 1.77 bits per heavy atom. The first-order chi connectivity index (χ1) is 16.8. The maximum Gasteiger partial charge on any atom is 0.275 e. The highest BCUT2D eigenvalue weighted by molar-refractivity contribution is 14.1. The number of carbonyl (C=O) groups is 1. The molecule has 0 radical (unpaired) electrons. The van der Waals surface area contributed by atoms with Gasteiger partial charge in [-0.15, -0.1) is 0 Å². The van der Waals surface area contributed by atoms with Crippen LogP contribution in [0.25, 0.3) is 10.8 Å². The molecule has 1 amide bonds. The van der Waals surface area contributed by atoms with Gasteiger partial charge in [-0.1, -0.05) is 42.5 Å². The van der Waals surface area contributed by atoms with Gasteiger partial charge in [0, 0.05) is 12.1 Å². The molecule has 2 N–H and O–H groups in total. The molecule has 4 aromatic rings. The number of ether oxygens (including phenoxy) is 1. The molecule has 0 heterocycles. The fourth-order valence-electron chi connectivity index (χ4n) is 3.41. The number of phenolic OH excluding ortho intramolecular Hbond substituents is 1. The first-order valence-corrected chi connectivity index (χ1v) is 12.4. The summed E-state index contributed by atoms with van der Waals surface area (Å²) >= 11 is 4.37. The SMILES string of the molecule is O=C(N/N=C\c1cc(I)c(OCc2cccc3ccccc23)c(I)c1)c1cc([N+](=O)[O-])ccc1O. The van der Waals surface area contributed by atoms with E-state index in [-0.39, 0.29) is 17.0 Å². The van der Waals surface area contributed by atoms with Crippen LogP contribution in [0.1, 0.15) is 21.5 Å². The monoisotopic (exact) mass is 693 g/mol. The van der Waals surface area contributed by atoms with E-state index in [0.29, 0.717) is 6.61 Å². The minimum absolute atomic E-state index is 0.238. The van der Waals surface area contributed by atoms with Gasteiger partial charge in [-0.3, -0.25) is 14.9 Å². The Morgan fingerprint density at radius 3 is 2.51 bits per heavy atom. The lowest BCUT2D eigenvalue weighted by Crippen LogP contribution is -2.18. The number of non-ortho nitro benzene ring substituents is 1. The van der Waals surface area contributed by atoms with Crippen molar-refractivity contribution in [3.63, 3.8) is 0 Å². The third-order valence-corrected chi connectivity index (χ3v) is 6.69. The van der Waals surface area contributed by atoms with Gasteiger partial charge in [-0.25, -0.2) is 5.43 Å². The van der Waals surface area contributed by atoms with Crippen molar-refractivity contribution in [2.24, 2.45) is 5.10 Å². The minimum Gasteiger partial charge on any atom is -0.507 e. The molecule has 0 aromatic heterocycles. The van der Waals surface area contributed by atoms with Gasteiger partial charge in [0.05, 0.1) is 23.8 Å². The van der Waals surface area contributed by atoms with Gasteiger partial charge >= 0.3 is 0 Å². The number of fused-ring (bicyclic) bond motifs is 1. The van der Waals surface area contributed by atoms with Gasteiger partial charge in [-0.05, 0) is 85.3 Å². The molecule has 4 rings (SSSR count). The summed E-state index contributed by atoms with van der Waals surface area (Å²) in [6.45, 7) is 0.420. The second kappa shape index (κ2) is 11.0. The normalized spacial score (nSPS) is 11.0. The topological polar surface area (TPSA) is 114 Å². The standard InChI is InChI=1S/C25H17I2N3O5/c26-21-10-15(13-28-29-25(32)20-12-18(30(33)34)8-9-23(20)31)11-22(27)24(21)35-14-17-6-3-5-16-4-1-2-7-19(16)17/h1-13,31H,14H2,(H,29,32)/b28-13-. The Balaban J connectivity index is 1.45. The highest BCUT2D eigenvalue weighted by Crippen LogP contribution is 2.30. The molecule has 176 valence electrons. The molecular weight excluding hydrogens is 676 g/mol. The van der Waals surface area contributed by atoms with Crippen molar-refractivity contribution in [3.8, 4) is 11.5 Å². The fraction of sp³-hybridized carbons (Fsp3) is 0.0400. The zero-order chi connectivity index (χ0) is 24.9. The lowest BCUT2D eigenvalue weighted by Gasteiger charge is -2.13. The van der Waals surface area contributed by atoms with Crippen LogP contribution in [0.3, 0.4) is 0 Å². The number of carbonyl (C=O) groups excluding carboxylic acids is 1. The van der Waals surface area contributed by atoms with Crippen molar-refractivity contribution in [1.29, 1.82) is 0 Å². The maximum absolute atomic E-state index is 12.3. The summed E-state index contributed by atoms with van der Waals surface area (Å²) in [7, 11) is 0. The number of aromatic hydroxyl groups is 1. The Morgan fingerprint density at radius 1 is 1.06 bits per heavy atom. The molecule has 0 unspecified atom stereocenters. The third-order valence-electron chi connectivity index (χ3n) is 5.09. The minimum atomic E-state index is -0.762.